The molecule has 0 radical (unpaired) electrons. The van der Waals surface area contributed by atoms with Gasteiger partial charge in [0, 0.05) is 37.3 Å². The summed E-state index contributed by atoms with van der Waals surface area (Å²) in [4.78, 5) is 17.0. The maximum Gasteiger partial charge on any atom is 0.345 e. The summed E-state index contributed by atoms with van der Waals surface area (Å²) >= 11 is 1.82. The number of hydrogen-bond acceptors (Lipinski definition) is 4. The van der Waals surface area contributed by atoms with E-state index in [0.29, 0.717) is 6.54 Å². The van der Waals surface area contributed by atoms with Gasteiger partial charge in [-0.15, -0.1) is 24.0 Å². The first kappa shape index (κ1) is 23.3. The molecule has 2 heterocycles. The number of nitrogens with one attached hydrogen (secondary N) is 2. The maximum atomic E-state index is 12.3. The maximum absolute atomic E-state index is 12.3. The van der Waals surface area contributed by atoms with Gasteiger partial charge in [0.1, 0.15) is 5.82 Å². The lowest BCUT2D eigenvalue weighted by Crippen LogP contribution is -2.39. The van der Waals surface area contributed by atoms with Crippen LogP contribution >= 0.6 is 35.7 Å². The molecule has 0 amide bonds. The minimum Gasteiger partial charge on any atom is -0.357 e. The minimum absolute atomic E-state index is 0. The van der Waals surface area contributed by atoms with E-state index in [1.165, 1.54) is 0 Å². The molecule has 1 aliphatic rings. The fourth-order valence-corrected chi connectivity index (χ4v) is 2.90. The molecule has 0 fully saturated rings. The molecule has 1 aromatic heterocycles. The van der Waals surface area contributed by atoms with E-state index in [2.05, 4.69) is 47.8 Å². The van der Waals surface area contributed by atoms with Crippen LogP contribution in [-0.2, 0) is 19.5 Å². The van der Waals surface area contributed by atoms with Crippen molar-refractivity contribution < 1.29 is 0 Å². The van der Waals surface area contributed by atoms with E-state index in [4.69, 9.17) is 0 Å². The SMILES string of the molecule is CCNC(=NCC(C)(C)SC)NCCCn1nc2n(c1=O)CCCC2.I. The van der Waals surface area contributed by atoms with Crippen LogP contribution in [0.2, 0.25) is 0 Å². The molecule has 26 heavy (non-hydrogen) atoms. The molecule has 0 saturated heterocycles. The van der Waals surface area contributed by atoms with Crippen LogP contribution in [-0.4, -0.2) is 50.9 Å². The fourth-order valence-electron chi connectivity index (χ4n) is 2.71. The third kappa shape index (κ3) is 6.79. The van der Waals surface area contributed by atoms with Gasteiger partial charge in [0.05, 0.1) is 6.54 Å². The number of nitrogens with zero attached hydrogens (tertiary/aromatic N) is 4. The van der Waals surface area contributed by atoms with Crippen LogP contribution in [0.15, 0.2) is 9.79 Å². The highest BCUT2D eigenvalue weighted by Crippen LogP contribution is 2.20. The Labute approximate surface area is 177 Å². The standard InChI is InChI=1S/C17H32N6OS.HI/c1-5-18-15(20-13-17(2,3)25-4)19-10-8-12-23-16(24)22-11-7-6-9-14(22)21-23;/h5-13H2,1-4H3,(H2,18,19,20);1H. The summed E-state index contributed by atoms with van der Waals surface area (Å²) in [5, 5.41) is 11.1. The normalized spacial score (nSPS) is 14.5. The highest BCUT2D eigenvalue weighted by Gasteiger charge is 2.17. The molecule has 0 spiro atoms. The third-order valence-electron chi connectivity index (χ3n) is 4.39. The van der Waals surface area contributed by atoms with Crippen molar-refractivity contribution in [3.05, 3.63) is 16.3 Å². The van der Waals surface area contributed by atoms with Crippen LogP contribution < -0.4 is 16.3 Å². The largest absolute Gasteiger partial charge is 0.357 e. The summed E-state index contributed by atoms with van der Waals surface area (Å²) in [6, 6.07) is 0. The smallest absolute Gasteiger partial charge is 0.345 e. The Hall–Kier alpha value is -0.710. The van der Waals surface area contributed by atoms with Gasteiger partial charge in [-0.2, -0.15) is 16.9 Å². The van der Waals surface area contributed by atoms with Gasteiger partial charge in [0.25, 0.3) is 0 Å². The predicted molar refractivity (Wildman–Crippen MR) is 121 cm³/mol. The van der Waals surface area contributed by atoms with Crippen LogP contribution in [0.4, 0.5) is 0 Å². The van der Waals surface area contributed by atoms with Crippen LogP contribution in [0.1, 0.15) is 45.9 Å². The number of fused-ring (bicyclic) bond motifs is 1. The van der Waals surface area contributed by atoms with Crippen molar-refractivity contribution in [2.45, 2.75) is 64.3 Å². The molecule has 0 bridgehead atoms. The number of aromatic nitrogens is 3. The van der Waals surface area contributed by atoms with Crippen molar-refractivity contribution in [3.63, 3.8) is 0 Å². The molecule has 0 unspecified atom stereocenters. The first-order chi connectivity index (χ1) is 12.0. The van der Waals surface area contributed by atoms with Crippen molar-refractivity contribution in [2.75, 3.05) is 25.9 Å². The van der Waals surface area contributed by atoms with Gasteiger partial charge in [0.2, 0.25) is 0 Å². The average Bonchev–Trinajstić information content (AvgIpc) is 2.93. The van der Waals surface area contributed by atoms with E-state index in [-0.39, 0.29) is 34.4 Å². The molecule has 1 aliphatic heterocycles. The molecule has 0 aliphatic carbocycles. The number of halogens is 1. The van der Waals surface area contributed by atoms with E-state index in [9.17, 15) is 4.79 Å². The summed E-state index contributed by atoms with van der Waals surface area (Å²) in [6.07, 6.45) is 6.08. The Morgan fingerprint density at radius 1 is 1.35 bits per heavy atom. The van der Waals surface area contributed by atoms with Gasteiger partial charge in [-0.3, -0.25) is 9.56 Å². The number of hydrogen-bond donors (Lipinski definition) is 2. The second kappa shape index (κ2) is 11.2. The Kier molecular flexibility index (Phi) is 10.1. The lowest BCUT2D eigenvalue weighted by molar-refractivity contribution is 0.509. The number of guanidine groups is 1. The van der Waals surface area contributed by atoms with Crippen molar-refractivity contribution in [1.29, 1.82) is 0 Å². The van der Waals surface area contributed by atoms with Crippen LogP contribution in [0.3, 0.4) is 0 Å². The van der Waals surface area contributed by atoms with E-state index in [1.54, 1.807) is 4.68 Å². The minimum atomic E-state index is 0. The van der Waals surface area contributed by atoms with Crippen molar-refractivity contribution in [2.24, 2.45) is 4.99 Å². The molecule has 0 saturated carbocycles. The highest BCUT2D eigenvalue weighted by atomic mass is 127. The topological polar surface area (TPSA) is 76.2 Å². The van der Waals surface area contributed by atoms with Gasteiger partial charge in [-0.25, -0.2) is 9.48 Å². The summed E-state index contributed by atoms with van der Waals surface area (Å²) in [7, 11) is 0. The molecule has 0 aromatic carbocycles. The summed E-state index contributed by atoms with van der Waals surface area (Å²) in [6.45, 7) is 10.3. The van der Waals surface area contributed by atoms with Gasteiger partial charge in [-0.1, -0.05) is 0 Å². The molecule has 150 valence electrons. The molecule has 9 heteroatoms. The Morgan fingerprint density at radius 2 is 2.12 bits per heavy atom. The van der Waals surface area contributed by atoms with Gasteiger partial charge >= 0.3 is 5.69 Å². The van der Waals surface area contributed by atoms with E-state index < -0.39 is 0 Å². The van der Waals surface area contributed by atoms with E-state index in [1.807, 2.05) is 16.3 Å². The van der Waals surface area contributed by atoms with Crippen LogP contribution in [0.25, 0.3) is 0 Å². The van der Waals surface area contributed by atoms with Crippen molar-refractivity contribution in [1.82, 2.24) is 25.0 Å². The Morgan fingerprint density at radius 3 is 2.77 bits per heavy atom. The fraction of sp³-hybridized carbons (Fsp3) is 0.824. The molecular weight excluding hydrogens is 463 g/mol. The van der Waals surface area contributed by atoms with Gasteiger partial charge < -0.3 is 10.6 Å². The number of thioether (sulfide) groups is 1. The third-order valence-corrected chi connectivity index (χ3v) is 5.62. The number of aryl methyl sites for hydroxylation is 2. The average molecular weight is 496 g/mol. The summed E-state index contributed by atoms with van der Waals surface area (Å²) in [5.41, 5.74) is 0.0389. The highest BCUT2D eigenvalue weighted by molar-refractivity contribution is 14.0. The first-order valence-corrected chi connectivity index (χ1v) is 10.4. The number of aliphatic imine (C=N–C) groups is 1. The molecule has 1 aromatic rings. The zero-order valence-corrected chi connectivity index (χ0v) is 19.5. The quantitative estimate of drug-likeness (QED) is 0.250. The van der Waals surface area contributed by atoms with E-state index >= 15 is 0 Å². The van der Waals surface area contributed by atoms with Crippen LogP contribution in [0, 0.1) is 0 Å². The molecule has 7 nitrogen and oxygen atoms in total. The van der Waals surface area contributed by atoms with E-state index in [0.717, 1.165) is 63.6 Å². The zero-order chi connectivity index (χ0) is 18.3. The monoisotopic (exact) mass is 496 g/mol. The van der Waals surface area contributed by atoms with Gasteiger partial charge in [0.15, 0.2) is 5.96 Å². The van der Waals surface area contributed by atoms with Gasteiger partial charge in [-0.05, 0) is 46.3 Å². The Balaban J connectivity index is 0.00000338. The van der Waals surface area contributed by atoms with Crippen LogP contribution in [0.5, 0.6) is 0 Å². The lowest BCUT2D eigenvalue weighted by atomic mass is 10.2. The molecule has 2 rings (SSSR count). The summed E-state index contributed by atoms with van der Waals surface area (Å²) < 4.78 is 3.57. The first-order valence-electron chi connectivity index (χ1n) is 9.20. The van der Waals surface area contributed by atoms with Crippen molar-refractivity contribution in [3.8, 4) is 0 Å². The zero-order valence-electron chi connectivity index (χ0n) is 16.4. The second-order valence-corrected chi connectivity index (χ2v) is 8.48. The molecular formula is C17H33IN6OS. The molecule has 2 N–H and O–H groups in total. The van der Waals surface area contributed by atoms with Crippen molar-refractivity contribution >= 4 is 41.7 Å². The summed E-state index contributed by atoms with van der Waals surface area (Å²) in [5.74, 6) is 1.78. The second-order valence-electron chi connectivity index (χ2n) is 6.97. The molecule has 0 atom stereocenters. The Bertz CT molecular complexity index is 640. The predicted octanol–water partition coefficient (Wildman–Crippen LogP) is 2.09. The lowest BCUT2D eigenvalue weighted by Gasteiger charge is -2.20. The number of rotatable bonds is 8.